The Morgan fingerprint density at radius 3 is 2.52 bits per heavy atom. The summed E-state index contributed by atoms with van der Waals surface area (Å²) in [4.78, 5) is 49.7. The van der Waals surface area contributed by atoms with Crippen LogP contribution in [0.3, 0.4) is 0 Å². The lowest BCUT2D eigenvalue weighted by molar-refractivity contribution is -0.143. The van der Waals surface area contributed by atoms with Crippen molar-refractivity contribution in [1.82, 2.24) is 15.5 Å². The standard InChI is InChI=1S/C20H31N3O6/c1-3-5-15(19(26)27)22-18(25)16-6-4-7-23(16)17(24)10-21-20(28)29-12-8-13-11(2)14(13)9-12/h11-16H,3-10H2,1-2H3,(H,21,28)(H,22,25)(H,26,27)/t11?,12?,13-,14+,15-,16+/m1/s1. The summed E-state index contributed by atoms with van der Waals surface area (Å²) in [6, 6.07) is -1.67. The van der Waals surface area contributed by atoms with Crippen LogP contribution in [0, 0.1) is 17.8 Å². The van der Waals surface area contributed by atoms with E-state index in [1.165, 1.54) is 4.90 Å². The zero-order valence-corrected chi connectivity index (χ0v) is 17.1. The molecule has 9 heteroatoms. The second-order valence-corrected chi connectivity index (χ2v) is 8.47. The third-order valence-corrected chi connectivity index (χ3v) is 6.56. The molecule has 9 nitrogen and oxygen atoms in total. The summed E-state index contributed by atoms with van der Waals surface area (Å²) in [6.07, 6.45) is 3.19. The Morgan fingerprint density at radius 2 is 1.90 bits per heavy atom. The Balaban J connectivity index is 1.43. The predicted octanol–water partition coefficient (Wildman–Crippen LogP) is 1.12. The van der Waals surface area contributed by atoms with Crippen molar-refractivity contribution in [3.8, 4) is 0 Å². The Hall–Kier alpha value is -2.32. The van der Waals surface area contributed by atoms with Crippen molar-refractivity contribution in [2.24, 2.45) is 17.8 Å². The monoisotopic (exact) mass is 409 g/mol. The van der Waals surface area contributed by atoms with Crippen molar-refractivity contribution in [2.45, 2.75) is 70.6 Å². The molecule has 0 radical (unpaired) electrons. The Morgan fingerprint density at radius 1 is 1.21 bits per heavy atom. The summed E-state index contributed by atoms with van der Waals surface area (Å²) in [5, 5.41) is 14.2. The van der Waals surface area contributed by atoms with Gasteiger partial charge in [0.1, 0.15) is 24.7 Å². The Labute approximate surface area is 170 Å². The number of amides is 3. The van der Waals surface area contributed by atoms with E-state index in [0.717, 1.165) is 18.8 Å². The maximum absolute atomic E-state index is 12.5. The zero-order chi connectivity index (χ0) is 21.1. The van der Waals surface area contributed by atoms with Crippen LogP contribution >= 0.6 is 0 Å². The van der Waals surface area contributed by atoms with Gasteiger partial charge in [0.05, 0.1) is 0 Å². The predicted molar refractivity (Wildman–Crippen MR) is 103 cm³/mol. The molecule has 3 rings (SSSR count). The van der Waals surface area contributed by atoms with E-state index in [9.17, 15) is 24.3 Å². The number of nitrogens with one attached hydrogen (secondary N) is 2. The summed E-state index contributed by atoms with van der Waals surface area (Å²) in [6.45, 7) is 4.22. The first kappa shape index (κ1) is 21.4. The lowest BCUT2D eigenvalue weighted by Crippen LogP contribution is -2.52. The number of alkyl carbamates (subject to hydrolysis) is 1. The Kier molecular flexibility index (Phi) is 6.64. The number of rotatable bonds is 8. The van der Waals surface area contributed by atoms with Gasteiger partial charge >= 0.3 is 12.1 Å². The molecular weight excluding hydrogens is 378 g/mol. The minimum absolute atomic E-state index is 0.0758. The molecule has 3 N–H and O–H groups in total. The summed E-state index contributed by atoms with van der Waals surface area (Å²) in [5.74, 6) is 0.153. The van der Waals surface area contributed by atoms with Crippen molar-refractivity contribution < 1.29 is 29.0 Å². The number of carbonyl (C=O) groups excluding carboxylic acids is 3. The fraction of sp³-hybridized carbons (Fsp3) is 0.800. The number of carboxylic acids is 1. The van der Waals surface area contributed by atoms with E-state index in [1.807, 2.05) is 6.92 Å². The first-order chi connectivity index (χ1) is 13.8. The van der Waals surface area contributed by atoms with Crippen LogP contribution in [0.5, 0.6) is 0 Å². The van der Waals surface area contributed by atoms with Crippen molar-refractivity contribution in [3.63, 3.8) is 0 Å². The number of ether oxygens (including phenoxy) is 1. The number of likely N-dealkylation sites (tertiary alicyclic amines) is 1. The molecule has 1 heterocycles. The molecule has 2 saturated carbocycles. The average Bonchev–Trinajstić information content (AvgIpc) is 3.10. The summed E-state index contributed by atoms with van der Waals surface area (Å²) in [7, 11) is 0. The van der Waals surface area contributed by atoms with Crippen molar-refractivity contribution in [3.05, 3.63) is 0 Å². The van der Waals surface area contributed by atoms with Gasteiger partial charge < -0.3 is 25.4 Å². The third kappa shape index (κ3) is 5.00. The smallest absolute Gasteiger partial charge is 0.407 e. The lowest BCUT2D eigenvalue weighted by Gasteiger charge is -2.25. The molecule has 0 bridgehead atoms. The average molecular weight is 409 g/mol. The summed E-state index contributed by atoms with van der Waals surface area (Å²) in [5.41, 5.74) is 0. The van der Waals surface area contributed by atoms with Crippen LogP contribution in [0.4, 0.5) is 4.79 Å². The van der Waals surface area contributed by atoms with Crippen molar-refractivity contribution in [1.29, 1.82) is 0 Å². The van der Waals surface area contributed by atoms with Gasteiger partial charge in [-0.2, -0.15) is 0 Å². The van der Waals surface area contributed by atoms with E-state index >= 15 is 0 Å². The van der Waals surface area contributed by atoms with Gasteiger partial charge in [-0.15, -0.1) is 0 Å². The van der Waals surface area contributed by atoms with E-state index in [1.54, 1.807) is 0 Å². The molecular formula is C20H31N3O6. The molecule has 0 aromatic heterocycles. The first-order valence-corrected chi connectivity index (χ1v) is 10.6. The van der Waals surface area contributed by atoms with Crippen molar-refractivity contribution >= 4 is 23.9 Å². The highest BCUT2D eigenvalue weighted by Crippen LogP contribution is 2.57. The molecule has 29 heavy (non-hydrogen) atoms. The van der Waals surface area contributed by atoms with Gasteiger partial charge in [0.25, 0.3) is 0 Å². The molecule has 3 aliphatic rings. The number of carboxylic acid groups (broad SMARTS) is 1. The van der Waals surface area contributed by atoms with Crippen LogP contribution in [0.1, 0.15) is 52.4 Å². The SMILES string of the molecule is CCC[C@@H](NC(=O)[C@@H]1CCCN1C(=O)CNC(=O)OC1C[C@@H]2C(C)[C@@H]2C1)C(=O)O. The van der Waals surface area contributed by atoms with Gasteiger partial charge in [0.15, 0.2) is 0 Å². The van der Waals surface area contributed by atoms with Gasteiger partial charge in [0.2, 0.25) is 11.8 Å². The second-order valence-electron chi connectivity index (χ2n) is 8.47. The Bertz CT molecular complexity index is 657. The van der Waals surface area contributed by atoms with Gasteiger partial charge in [-0.05, 0) is 49.9 Å². The zero-order valence-electron chi connectivity index (χ0n) is 17.1. The van der Waals surface area contributed by atoms with Crippen LogP contribution in [-0.2, 0) is 19.1 Å². The summed E-state index contributed by atoms with van der Waals surface area (Å²) >= 11 is 0. The summed E-state index contributed by atoms with van der Waals surface area (Å²) < 4.78 is 5.39. The van der Waals surface area contributed by atoms with E-state index < -0.39 is 30.1 Å². The fourth-order valence-corrected chi connectivity index (χ4v) is 4.81. The highest BCUT2D eigenvalue weighted by molar-refractivity contribution is 5.92. The van der Waals surface area contributed by atoms with Crippen LogP contribution in [0.15, 0.2) is 0 Å². The van der Waals surface area contributed by atoms with Crippen LogP contribution in [-0.4, -0.2) is 65.2 Å². The molecule has 1 saturated heterocycles. The molecule has 2 unspecified atom stereocenters. The van der Waals surface area contributed by atoms with Crippen LogP contribution in [0.2, 0.25) is 0 Å². The number of carbonyl (C=O) groups is 4. The number of hydrogen-bond donors (Lipinski definition) is 3. The molecule has 0 aromatic carbocycles. The highest BCUT2D eigenvalue weighted by Gasteiger charge is 2.54. The van der Waals surface area contributed by atoms with Gasteiger partial charge in [-0.1, -0.05) is 20.3 Å². The fourth-order valence-electron chi connectivity index (χ4n) is 4.81. The van der Waals surface area contributed by atoms with Crippen LogP contribution < -0.4 is 10.6 Å². The van der Waals surface area contributed by atoms with Gasteiger partial charge in [-0.25, -0.2) is 9.59 Å². The molecule has 6 atom stereocenters. The van der Waals surface area contributed by atoms with E-state index in [2.05, 4.69) is 17.6 Å². The number of fused-ring (bicyclic) bond motifs is 1. The van der Waals surface area contributed by atoms with E-state index in [0.29, 0.717) is 44.1 Å². The first-order valence-electron chi connectivity index (χ1n) is 10.6. The quantitative estimate of drug-likeness (QED) is 0.552. The topological polar surface area (TPSA) is 125 Å². The highest BCUT2D eigenvalue weighted by atomic mass is 16.6. The number of hydrogen-bond acceptors (Lipinski definition) is 5. The molecule has 3 fully saturated rings. The van der Waals surface area contributed by atoms with Gasteiger partial charge in [0, 0.05) is 6.54 Å². The van der Waals surface area contributed by atoms with Crippen molar-refractivity contribution in [2.75, 3.05) is 13.1 Å². The lowest BCUT2D eigenvalue weighted by atomic mass is 10.1. The molecule has 1 aliphatic heterocycles. The molecule has 0 spiro atoms. The maximum Gasteiger partial charge on any atom is 0.407 e. The van der Waals surface area contributed by atoms with E-state index in [-0.39, 0.29) is 18.6 Å². The molecule has 162 valence electrons. The maximum atomic E-state index is 12.5. The number of aliphatic carboxylic acids is 1. The van der Waals surface area contributed by atoms with Gasteiger partial charge in [-0.3, -0.25) is 9.59 Å². The molecule has 2 aliphatic carbocycles. The largest absolute Gasteiger partial charge is 0.480 e. The molecule has 0 aromatic rings. The number of nitrogens with zero attached hydrogens (tertiary/aromatic N) is 1. The van der Waals surface area contributed by atoms with Crippen LogP contribution in [0.25, 0.3) is 0 Å². The third-order valence-electron chi connectivity index (χ3n) is 6.56. The normalized spacial score (nSPS) is 31.0. The minimum Gasteiger partial charge on any atom is -0.480 e. The van der Waals surface area contributed by atoms with E-state index in [4.69, 9.17) is 4.74 Å². The second kappa shape index (κ2) is 9.00. The molecule has 3 amide bonds. The minimum atomic E-state index is -1.08.